The summed E-state index contributed by atoms with van der Waals surface area (Å²) >= 11 is 0. The van der Waals surface area contributed by atoms with E-state index in [1.54, 1.807) is 24.3 Å². The number of nitrogens with zero attached hydrogens (tertiary/aromatic N) is 2. The van der Waals surface area contributed by atoms with Gasteiger partial charge in [-0.25, -0.2) is 9.37 Å². The molecule has 1 aliphatic heterocycles. The van der Waals surface area contributed by atoms with Crippen molar-refractivity contribution in [1.82, 2.24) is 15.2 Å². The molecule has 8 nitrogen and oxygen atoms in total. The van der Waals surface area contributed by atoms with Gasteiger partial charge in [0, 0.05) is 43.3 Å². The number of carbonyl (C=O) groups is 2. The molecule has 0 spiro atoms. The fraction of sp³-hybridized carbons (Fsp3) is 0.321. The minimum absolute atomic E-state index is 0.0521. The van der Waals surface area contributed by atoms with Crippen LogP contribution in [0.2, 0.25) is 0 Å². The quantitative estimate of drug-likeness (QED) is 0.297. The number of hydrogen-bond acceptors (Lipinski definition) is 6. The Balaban J connectivity index is 1.51. The standard InChI is InChI=1S/C28H33FN6O2/c29-20-6-3-5-19(17-20)13-15-32-27-23(10-11-25(34-27)22-7-1-2-8-24(22)31)28(37)33-18-21-9-12-26(36)35(21)16-4-14-30/h1-3,5-8,10-11,17,21H,4,9,12-16,18,30-31H2,(H,32,34)(H,33,37)/t21-/m1/s1. The molecule has 4 rings (SSSR count). The van der Waals surface area contributed by atoms with Crippen molar-refractivity contribution in [3.63, 3.8) is 0 Å². The molecule has 37 heavy (non-hydrogen) atoms. The van der Waals surface area contributed by atoms with Crippen molar-refractivity contribution in [3.05, 3.63) is 77.6 Å². The topological polar surface area (TPSA) is 126 Å². The Morgan fingerprint density at radius 2 is 1.97 bits per heavy atom. The van der Waals surface area contributed by atoms with E-state index in [9.17, 15) is 14.0 Å². The monoisotopic (exact) mass is 504 g/mol. The van der Waals surface area contributed by atoms with Gasteiger partial charge in [-0.05, 0) is 61.7 Å². The Kier molecular flexibility index (Phi) is 8.68. The molecule has 1 aliphatic rings. The smallest absolute Gasteiger partial charge is 0.255 e. The number of nitrogen functional groups attached to an aromatic ring is 1. The fourth-order valence-corrected chi connectivity index (χ4v) is 4.56. The molecule has 194 valence electrons. The maximum Gasteiger partial charge on any atom is 0.255 e. The number of hydrogen-bond donors (Lipinski definition) is 4. The summed E-state index contributed by atoms with van der Waals surface area (Å²) in [5.41, 5.74) is 15.0. The summed E-state index contributed by atoms with van der Waals surface area (Å²) in [7, 11) is 0. The minimum Gasteiger partial charge on any atom is -0.398 e. The third kappa shape index (κ3) is 6.62. The Hall–Kier alpha value is -3.98. The van der Waals surface area contributed by atoms with Gasteiger partial charge in [-0.3, -0.25) is 9.59 Å². The molecule has 9 heteroatoms. The summed E-state index contributed by atoms with van der Waals surface area (Å²) in [4.78, 5) is 32.0. The number of nitrogens with one attached hydrogen (secondary N) is 2. The van der Waals surface area contributed by atoms with Crippen LogP contribution in [0.3, 0.4) is 0 Å². The molecule has 0 saturated carbocycles. The maximum atomic E-state index is 13.6. The number of anilines is 2. The first-order valence-electron chi connectivity index (χ1n) is 12.6. The summed E-state index contributed by atoms with van der Waals surface area (Å²) in [6.45, 7) is 1.91. The van der Waals surface area contributed by atoms with Crippen LogP contribution in [0.5, 0.6) is 0 Å². The number of carbonyl (C=O) groups excluding carboxylic acids is 2. The zero-order valence-electron chi connectivity index (χ0n) is 20.8. The lowest BCUT2D eigenvalue weighted by Crippen LogP contribution is -2.42. The highest BCUT2D eigenvalue weighted by Gasteiger charge is 2.30. The summed E-state index contributed by atoms with van der Waals surface area (Å²) in [6, 6.07) is 17.3. The molecule has 1 aromatic heterocycles. The highest BCUT2D eigenvalue weighted by Crippen LogP contribution is 2.27. The van der Waals surface area contributed by atoms with Crippen molar-refractivity contribution in [1.29, 1.82) is 0 Å². The number of pyridine rings is 1. The van der Waals surface area contributed by atoms with Crippen LogP contribution in [0.4, 0.5) is 15.9 Å². The number of para-hydroxylation sites is 1. The van der Waals surface area contributed by atoms with Crippen molar-refractivity contribution in [3.8, 4) is 11.3 Å². The van der Waals surface area contributed by atoms with E-state index in [-0.39, 0.29) is 23.7 Å². The van der Waals surface area contributed by atoms with Crippen molar-refractivity contribution >= 4 is 23.3 Å². The van der Waals surface area contributed by atoms with Gasteiger partial charge in [0.05, 0.1) is 11.3 Å². The molecule has 3 aromatic rings. The Morgan fingerprint density at radius 1 is 1.14 bits per heavy atom. The van der Waals surface area contributed by atoms with Crippen LogP contribution >= 0.6 is 0 Å². The second-order valence-corrected chi connectivity index (χ2v) is 9.12. The first kappa shape index (κ1) is 26.1. The van der Waals surface area contributed by atoms with Gasteiger partial charge in [-0.2, -0.15) is 0 Å². The predicted octanol–water partition coefficient (Wildman–Crippen LogP) is 3.19. The summed E-state index contributed by atoms with van der Waals surface area (Å²) < 4.78 is 13.6. The Labute approximate surface area is 216 Å². The van der Waals surface area contributed by atoms with Crippen LogP contribution in [0.15, 0.2) is 60.7 Å². The van der Waals surface area contributed by atoms with Gasteiger partial charge in [-0.15, -0.1) is 0 Å². The number of benzene rings is 2. The number of likely N-dealkylation sites (tertiary alicyclic amines) is 1. The summed E-state index contributed by atoms with van der Waals surface area (Å²) in [6.07, 6.45) is 2.46. The van der Waals surface area contributed by atoms with E-state index in [0.717, 1.165) is 17.5 Å². The molecule has 1 atom stereocenters. The van der Waals surface area contributed by atoms with E-state index in [1.165, 1.54) is 12.1 Å². The molecule has 6 N–H and O–H groups in total. The van der Waals surface area contributed by atoms with Gasteiger partial charge in [0.15, 0.2) is 0 Å². The molecule has 1 fully saturated rings. The van der Waals surface area contributed by atoms with Crippen molar-refractivity contribution in [2.75, 3.05) is 37.2 Å². The zero-order valence-corrected chi connectivity index (χ0v) is 20.8. The van der Waals surface area contributed by atoms with Gasteiger partial charge >= 0.3 is 0 Å². The van der Waals surface area contributed by atoms with Crippen LogP contribution in [-0.2, 0) is 11.2 Å². The Morgan fingerprint density at radius 3 is 2.76 bits per heavy atom. The van der Waals surface area contributed by atoms with Crippen LogP contribution in [-0.4, -0.2) is 53.9 Å². The van der Waals surface area contributed by atoms with Gasteiger partial charge in [0.25, 0.3) is 5.91 Å². The van der Waals surface area contributed by atoms with E-state index in [0.29, 0.717) is 68.2 Å². The minimum atomic E-state index is -0.289. The third-order valence-corrected chi connectivity index (χ3v) is 6.53. The average Bonchev–Trinajstić information content (AvgIpc) is 3.25. The van der Waals surface area contributed by atoms with Crippen LogP contribution in [0.25, 0.3) is 11.3 Å². The lowest BCUT2D eigenvalue weighted by Gasteiger charge is -2.25. The van der Waals surface area contributed by atoms with Crippen molar-refractivity contribution in [2.45, 2.75) is 31.7 Å². The second kappa shape index (κ2) is 12.3. The molecule has 2 heterocycles. The number of amides is 2. The molecule has 2 amide bonds. The highest BCUT2D eigenvalue weighted by atomic mass is 19.1. The lowest BCUT2D eigenvalue weighted by atomic mass is 10.1. The first-order valence-corrected chi connectivity index (χ1v) is 12.6. The third-order valence-electron chi connectivity index (χ3n) is 6.53. The number of halogens is 1. The van der Waals surface area contributed by atoms with Crippen LogP contribution in [0, 0.1) is 5.82 Å². The molecule has 1 saturated heterocycles. The molecular formula is C28H33FN6O2. The Bertz CT molecular complexity index is 1250. The van der Waals surface area contributed by atoms with Gasteiger partial charge in [0.1, 0.15) is 11.6 Å². The molecule has 2 aromatic carbocycles. The maximum absolute atomic E-state index is 13.6. The number of aromatic nitrogens is 1. The fourth-order valence-electron chi connectivity index (χ4n) is 4.56. The summed E-state index contributed by atoms with van der Waals surface area (Å²) in [5.74, 6) is -0.0642. The number of nitrogens with two attached hydrogens (primary N) is 2. The first-order chi connectivity index (χ1) is 18.0. The van der Waals surface area contributed by atoms with Crippen molar-refractivity contribution in [2.24, 2.45) is 5.73 Å². The molecule has 0 bridgehead atoms. The van der Waals surface area contributed by atoms with E-state index in [1.807, 2.05) is 29.2 Å². The van der Waals surface area contributed by atoms with E-state index >= 15 is 0 Å². The van der Waals surface area contributed by atoms with Gasteiger partial charge < -0.3 is 27.0 Å². The van der Waals surface area contributed by atoms with Gasteiger partial charge in [-0.1, -0.05) is 30.3 Å². The van der Waals surface area contributed by atoms with Crippen LogP contribution < -0.4 is 22.1 Å². The van der Waals surface area contributed by atoms with E-state index < -0.39 is 0 Å². The molecule has 0 aliphatic carbocycles. The normalized spacial score (nSPS) is 15.1. The molecule has 0 radical (unpaired) electrons. The zero-order chi connectivity index (χ0) is 26.2. The van der Waals surface area contributed by atoms with Crippen molar-refractivity contribution < 1.29 is 14.0 Å². The summed E-state index contributed by atoms with van der Waals surface area (Å²) in [5, 5.41) is 6.23. The van der Waals surface area contributed by atoms with Crippen LogP contribution in [0.1, 0.15) is 35.2 Å². The highest BCUT2D eigenvalue weighted by molar-refractivity contribution is 5.99. The van der Waals surface area contributed by atoms with E-state index in [2.05, 4.69) is 10.6 Å². The molecular weight excluding hydrogens is 471 g/mol. The SMILES string of the molecule is NCCCN1C(=O)CC[C@@H]1CNC(=O)c1ccc(-c2ccccc2N)nc1NCCc1cccc(F)c1. The lowest BCUT2D eigenvalue weighted by molar-refractivity contribution is -0.128. The van der Waals surface area contributed by atoms with E-state index in [4.69, 9.17) is 16.5 Å². The number of rotatable bonds is 11. The second-order valence-electron chi connectivity index (χ2n) is 9.12. The average molecular weight is 505 g/mol. The molecule has 0 unspecified atom stereocenters. The van der Waals surface area contributed by atoms with Gasteiger partial charge in [0.2, 0.25) is 5.91 Å². The largest absolute Gasteiger partial charge is 0.398 e. The predicted molar refractivity (Wildman–Crippen MR) is 143 cm³/mol.